The van der Waals surface area contributed by atoms with E-state index in [2.05, 4.69) is 5.32 Å². The minimum atomic E-state index is -3.38. The molecule has 2 saturated heterocycles. The number of nitrogens with one attached hydrogen (secondary N) is 1. The lowest BCUT2D eigenvalue weighted by molar-refractivity contribution is -0.0455. The summed E-state index contributed by atoms with van der Waals surface area (Å²) in [4.78, 5) is 0. The second kappa shape index (κ2) is 7.37. The molecule has 6 nitrogen and oxygen atoms in total. The Hall–Kier alpha value is -0.210. The summed E-state index contributed by atoms with van der Waals surface area (Å²) in [5, 5.41) is 3.35. The molecule has 3 unspecified atom stereocenters. The van der Waals surface area contributed by atoms with Crippen LogP contribution in [0.25, 0.3) is 0 Å². The van der Waals surface area contributed by atoms with Crippen LogP contribution in [0.3, 0.4) is 0 Å². The first-order chi connectivity index (χ1) is 9.93. The van der Waals surface area contributed by atoms with Crippen molar-refractivity contribution in [2.24, 2.45) is 5.92 Å². The maximum Gasteiger partial charge on any atom is 0.282 e. The molecule has 0 radical (unpaired) electrons. The molecular weight excluding hydrogens is 290 g/mol. The lowest BCUT2D eigenvalue weighted by Crippen LogP contribution is -2.54. The van der Waals surface area contributed by atoms with Gasteiger partial charge < -0.3 is 10.1 Å². The minimum Gasteiger partial charge on any atom is -0.373 e. The molecule has 0 aromatic heterocycles. The van der Waals surface area contributed by atoms with Crippen LogP contribution >= 0.6 is 0 Å². The fourth-order valence-corrected chi connectivity index (χ4v) is 5.09. The van der Waals surface area contributed by atoms with E-state index in [1.54, 1.807) is 8.61 Å². The lowest BCUT2D eigenvalue weighted by Gasteiger charge is -2.38. The highest BCUT2D eigenvalue weighted by atomic mass is 32.2. The first kappa shape index (κ1) is 17.1. The zero-order valence-electron chi connectivity index (χ0n) is 13.4. The Morgan fingerprint density at radius 2 is 1.95 bits per heavy atom. The van der Waals surface area contributed by atoms with Crippen LogP contribution in [0.5, 0.6) is 0 Å². The summed E-state index contributed by atoms with van der Waals surface area (Å²) in [5.74, 6) is 0.421. The summed E-state index contributed by atoms with van der Waals surface area (Å²) in [6.07, 6.45) is 2.15. The maximum atomic E-state index is 12.9. The molecule has 0 spiro atoms. The van der Waals surface area contributed by atoms with E-state index in [-0.39, 0.29) is 12.2 Å². The average molecular weight is 319 g/mol. The van der Waals surface area contributed by atoms with Crippen molar-refractivity contribution in [3.63, 3.8) is 0 Å². The van der Waals surface area contributed by atoms with Crippen molar-refractivity contribution in [3.05, 3.63) is 0 Å². The maximum absolute atomic E-state index is 12.9. The summed E-state index contributed by atoms with van der Waals surface area (Å²) in [6.45, 7) is 9.79. The molecule has 2 aliphatic rings. The fraction of sp³-hybridized carbons (Fsp3) is 1.00. The van der Waals surface area contributed by atoms with Crippen LogP contribution in [0, 0.1) is 5.92 Å². The van der Waals surface area contributed by atoms with Gasteiger partial charge in [-0.05, 0) is 45.7 Å². The van der Waals surface area contributed by atoms with Crippen molar-refractivity contribution in [3.8, 4) is 0 Å². The van der Waals surface area contributed by atoms with E-state index in [4.69, 9.17) is 4.74 Å². The average Bonchev–Trinajstić information content (AvgIpc) is 2.44. The van der Waals surface area contributed by atoms with E-state index in [0.29, 0.717) is 32.1 Å². The van der Waals surface area contributed by atoms with E-state index in [0.717, 1.165) is 25.9 Å². The zero-order chi connectivity index (χ0) is 15.5. The molecule has 0 aliphatic carbocycles. The van der Waals surface area contributed by atoms with Crippen molar-refractivity contribution >= 4 is 10.2 Å². The summed E-state index contributed by atoms with van der Waals surface area (Å²) in [7, 11) is -3.38. The van der Waals surface area contributed by atoms with Crippen LogP contribution in [0.4, 0.5) is 0 Å². The van der Waals surface area contributed by atoms with Crippen molar-refractivity contribution in [2.75, 3.05) is 39.3 Å². The third-order valence-corrected chi connectivity index (χ3v) is 6.26. The van der Waals surface area contributed by atoms with Gasteiger partial charge in [-0.1, -0.05) is 6.92 Å². The molecule has 3 atom stereocenters. The molecule has 2 aliphatic heterocycles. The Morgan fingerprint density at radius 3 is 2.48 bits per heavy atom. The molecule has 0 aromatic rings. The number of ether oxygens (including phenoxy) is 1. The first-order valence-electron chi connectivity index (χ1n) is 8.04. The molecule has 0 amide bonds. The van der Waals surface area contributed by atoms with Gasteiger partial charge in [-0.15, -0.1) is 0 Å². The minimum absolute atomic E-state index is 0.0430. The first-order valence-corrected chi connectivity index (χ1v) is 9.44. The van der Waals surface area contributed by atoms with Crippen LogP contribution in [-0.2, 0) is 14.9 Å². The van der Waals surface area contributed by atoms with E-state index >= 15 is 0 Å². The Labute approximate surface area is 129 Å². The highest BCUT2D eigenvalue weighted by Crippen LogP contribution is 2.20. The van der Waals surface area contributed by atoms with Crippen LogP contribution < -0.4 is 5.32 Å². The highest BCUT2D eigenvalue weighted by Gasteiger charge is 2.35. The summed E-state index contributed by atoms with van der Waals surface area (Å²) < 4.78 is 34.6. The summed E-state index contributed by atoms with van der Waals surface area (Å²) in [6, 6.07) is 0. The molecule has 0 saturated carbocycles. The van der Waals surface area contributed by atoms with Crippen molar-refractivity contribution in [1.29, 1.82) is 0 Å². The SMILES string of the molecule is CCN(CC1CCCNC1)S(=O)(=O)N1CC(C)OC(C)C1. The smallest absolute Gasteiger partial charge is 0.282 e. The predicted octanol–water partition coefficient (Wildman–Crippen LogP) is 0.662. The van der Waals surface area contributed by atoms with Gasteiger partial charge in [-0.25, -0.2) is 0 Å². The number of piperidine rings is 1. The largest absolute Gasteiger partial charge is 0.373 e. The van der Waals surface area contributed by atoms with Crippen molar-refractivity contribution in [2.45, 2.75) is 45.8 Å². The number of nitrogens with zero attached hydrogens (tertiary/aromatic N) is 2. The number of rotatable bonds is 5. The van der Waals surface area contributed by atoms with Crippen molar-refractivity contribution < 1.29 is 13.2 Å². The summed E-state index contributed by atoms with van der Waals surface area (Å²) >= 11 is 0. The van der Waals surface area contributed by atoms with Crippen LogP contribution in [0.15, 0.2) is 0 Å². The van der Waals surface area contributed by atoms with E-state index in [1.165, 1.54) is 0 Å². The van der Waals surface area contributed by atoms with Gasteiger partial charge in [-0.3, -0.25) is 0 Å². The molecule has 0 bridgehead atoms. The predicted molar refractivity (Wildman–Crippen MR) is 83.3 cm³/mol. The molecular formula is C14H29N3O3S. The van der Waals surface area contributed by atoms with Gasteiger partial charge in [-0.2, -0.15) is 17.0 Å². The molecule has 124 valence electrons. The Bertz CT molecular complexity index is 413. The highest BCUT2D eigenvalue weighted by molar-refractivity contribution is 7.86. The van der Waals surface area contributed by atoms with Gasteiger partial charge in [0.15, 0.2) is 0 Å². The number of hydrogen-bond donors (Lipinski definition) is 1. The molecule has 21 heavy (non-hydrogen) atoms. The Balaban J connectivity index is 2.03. The molecule has 2 fully saturated rings. The van der Waals surface area contributed by atoms with E-state index in [1.807, 2.05) is 20.8 Å². The van der Waals surface area contributed by atoms with Gasteiger partial charge in [0.05, 0.1) is 12.2 Å². The van der Waals surface area contributed by atoms with Gasteiger partial charge >= 0.3 is 0 Å². The molecule has 7 heteroatoms. The van der Waals surface area contributed by atoms with Crippen LogP contribution in [0.2, 0.25) is 0 Å². The van der Waals surface area contributed by atoms with Gasteiger partial charge in [0.1, 0.15) is 0 Å². The topological polar surface area (TPSA) is 61.9 Å². The molecule has 0 aromatic carbocycles. The molecule has 2 heterocycles. The summed E-state index contributed by atoms with van der Waals surface area (Å²) in [5.41, 5.74) is 0. The monoisotopic (exact) mass is 319 g/mol. The second-order valence-electron chi connectivity index (χ2n) is 6.25. The normalized spacial score (nSPS) is 32.5. The lowest BCUT2D eigenvalue weighted by atomic mass is 10.00. The van der Waals surface area contributed by atoms with Gasteiger partial charge in [0.25, 0.3) is 10.2 Å². The Morgan fingerprint density at radius 1 is 1.29 bits per heavy atom. The molecule has 1 N–H and O–H groups in total. The van der Waals surface area contributed by atoms with E-state index < -0.39 is 10.2 Å². The van der Waals surface area contributed by atoms with Crippen LogP contribution in [-0.4, -0.2) is 68.5 Å². The number of morpholine rings is 1. The quantitative estimate of drug-likeness (QED) is 0.809. The van der Waals surface area contributed by atoms with Gasteiger partial charge in [0.2, 0.25) is 0 Å². The van der Waals surface area contributed by atoms with Crippen LogP contribution in [0.1, 0.15) is 33.6 Å². The number of hydrogen-bond acceptors (Lipinski definition) is 4. The third kappa shape index (κ3) is 4.39. The third-order valence-electron chi connectivity index (χ3n) is 4.25. The second-order valence-corrected chi connectivity index (χ2v) is 8.17. The molecule has 2 rings (SSSR count). The van der Waals surface area contributed by atoms with Gasteiger partial charge in [0, 0.05) is 26.2 Å². The standard InChI is InChI=1S/C14H29N3O3S/c1-4-16(11-14-6-5-7-15-8-14)21(18,19)17-9-12(2)20-13(3)10-17/h12-15H,4-11H2,1-3H3. The Kier molecular flexibility index (Phi) is 6.02. The zero-order valence-corrected chi connectivity index (χ0v) is 14.2. The fourth-order valence-electron chi connectivity index (χ4n) is 3.24. The van der Waals surface area contributed by atoms with Crippen molar-refractivity contribution in [1.82, 2.24) is 13.9 Å². The van der Waals surface area contributed by atoms with E-state index in [9.17, 15) is 8.42 Å².